The summed E-state index contributed by atoms with van der Waals surface area (Å²) in [5, 5.41) is 20.3. The molecule has 1 amide bonds. The molecule has 7 nitrogen and oxygen atoms in total. The monoisotopic (exact) mass is 288 g/mol. The van der Waals surface area contributed by atoms with Crippen molar-refractivity contribution >= 4 is 5.91 Å². The number of nitrogens with zero attached hydrogens (tertiary/aromatic N) is 4. The first-order chi connectivity index (χ1) is 8.65. The fourth-order valence-electron chi connectivity index (χ4n) is 1.96. The summed E-state index contributed by atoms with van der Waals surface area (Å²) in [6.07, 6.45) is 1.73. The number of aliphatic hydroxyl groups is 1. The number of carbonyl (C=O) groups excluding carboxylic acids is 1. The average molecular weight is 289 g/mol. The molecule has 0 aromatic carbocycles. The van der Waals surface area contributed by atoms with Crippen LogP contribution in [0.5, 0.6) is 0 Å². The molecule has 2 N–H and O–H groups in total. The molecule has 108 valence electrons. The van der Waals surface area contributed by atoms with Crippen molar-refractivity contribution < 1.29 is 22.3 Å². The summed E-state index contributed by atoms with van der Waals surface area (Å²) in [7, 11) is 0. The SMILES string of the molecule is CC(O)Cc1cn(CC(=O)N2CCNCC2)nn1.[Cl-]. The highest BCUT2D eigenvalue weighted by molar-refractivity contribution is 5.76. The van der Waals surface area contributed by atoms with Crippen molar-refractivity contribution in [1.82, 2.24) is 25.2 Å². The van der Waals surface area contributed by atoms with Crippen LogP contribution in [0.1, 0.15) is 12.6 Å². The van der Waals surface area contributed by atoms with E-state index in [4.69, 9.17) is 0 Å². The topological polar surface area (TPSA) is 83.3 Å². The molecule has 0 radical (unpaired) electrons. The van der Waals surface area contributed by atoms with Gasteiger partial charge in [-0.3, -0.25) is 4.79 Å². The number of aliphatic hydroxyl groups excluding tert-OH is 1. The second-order valence-corrected chi connectivity index (χ2v) is 4.59. The van der Waals surface area contributed by atoms with Crippen molar-refractivity contribution in [3.05, 3.63) is 11.9 Å². The molecule has 1 fully saturated rings. The molecule has 1 unspecified atom stereocenters. The minimum Gasteiger partial charge on any atom is -1.00 e. The maximum absolute atomic E-state index is 12.0. The van der Waals surface area contributed by atoms with Gasteiger partial charge in [0.05, 0.1) is 11.8 Å². The molecular weight excluding hydrogens is 270 g/mol. The van der Waals surface area contributed by atoms with E-state index >= 15 is 0 Å². The Balaban J connectivity index is 0.00000180. The van der Waals surface area contributed by atoms with Crippen LogP contribution in [0.15, 0.2) is 6.20 Å². The van der Waals surface area contributed by atoms with Crippen molar-refractivity contribution in [2.24, 2.45) is 0 Å². The Labute approximate surface area is 118 Å². The number of halogens is 1. The Morgan fingerprint density at radius 2 is 2.21 bits per heavy atom. The van der Waals surface area contributed by atoms with E-state index in [1.807, 2.05) is 4.90 Å². The molecule has 0 aliphatic carbocycles. The van der Waals surface area contributed by atoms with E-state index in [1.165, 1.54) is 4.68 Å². The molecule has 2 rings (SSSR count). The van der Waals surface area contributed by atoms with Crippen molar-refractivity contribution in [1.29, 1.82) is 0 Å². The normalized spacial score (nSPS) is 16.8. The van der Waals surface area contributed by atoms with E-state index in [2.05, 4.69) is 15.6 Å². The van der Waals surface area contributed by atoms with E-state index in [-0.39, 0.29) is 24.9 Å². The first-order valence-corrected chi connectivity index (χ1v) is 6.20. The fraction of sp³-hybridized carbons (Fsp3) is 0.727. The van der Waals surface area contributed by atoms with Gasteiger partial charge in [-0.05, 0) is 6.92 Å². The zero-order valence-corrected chi connectivity index (χ0v) is 11.7. The quantitative estimate of drug-likeness (QED) is 0.585. The summed E-state index contributed by atoms with van der Waals surface area (Å²) >= 11 is 0. The lowest BCUT2D eigenvalue weighted by Crippen LogP contribution is -3.00. The maximum Gasteiger partial charge on any atom is 0.244 e. The lowest BCUT2D eigenvalue weighted by Gasteiger charge is -2.27. The molecule has 19 heavy (non-hydrogen) atoms. The highest BCUT2D eigenvalue weighted by Crippen LogP contribution is 2.00. The van der Waals surface area contributed by atoms with Crippen LogP contribution in [0.4, 0.5) is 0 Å². The Morgan fingerprint density at radius 1 is 1.53 bits per heavy atom. The summed E-state index contributed by atoms with van der Waals surface area (Å²) in [6, 6.07) is 0. The van der Waals surface area contributed by atoms with Crippen molar-refractivity contribution in [3.63, 3.8) is 0 Å². The zero-order chi connectivity index (χ0) is 13.0. The van der Waals surface area contributed by atoms with Gasteiger partial charge in [-0.1, -0.05) is 5.21 Å². The van der Waals surface area contributed by atoms with Crippen LogP contribution in [0.25, 0.3) is 0 Å². The predicted molar refractivity (Wildman–Crippen MR) is 64.9 cm³/mol. The number of rotatable bonds is 4. The van der Waals surface area contributed by atoms with Crippen molar-refractivity contribution in [3.8, 4) is 0 Å². The van der Waals surface area contributed by atoms with Crippen molar-refractivity contribution in [2.75, 3.05) is 26.2 Å². The molecule has 1 aliphatic rings. The molecule has 0 bridgehead atoms. The molecule has 1 aliphatic heterocycles. The number of nitrogens with one attached hydrogen (secondary N) is 1. The highest BCUT2D eigenvalue weighted by atomic mass is 35.5. The fourth-order valence-corrected chi connectivity index (χ4v) is 1.96. The van der Waals surface area contributed by atoms with Gasteiger partial charge in [-0.15, -0.1) is 5.10 Å². The summed E-state index contributed by atoms with van der Waals surface area (Å²) in [6.45, 7) is 5.09. The standard InChI is InChI=1S/C11H19N5O2.ClH/c1-9(17)6-10-7-16(14-13-10)8-11(18)15-4-2-12-3-5-15;/h7,9,12,17H,2-6,8H2,1H3;1H/p-1. The third kappa shape index (κ3) is 4.77. The number of amides is 1. The molecule has 8 heteroatoms. The molecule has 1 atom stereocenters. The van der Waals surface area contributed by atoms with Gasteiger partial charge in [0, 0.05) is 38.8 Å². The number of carbonyl (C=O) groups is 1. The maximum atomic E-state index is 12.0. The van der Waals surface area contributed by atoms with Crippen LogP contribution in [-0.4, -0.2) is 63.2 Å². The highest BCUT2D eigenvalue weighted by Gasteiger charge is 2.17. The summed E-state index contributed by atoms with van der Waals surface area (Å²) in [5.74, 6) is 0.0602. The molecule has 1 aromatic rings. The second kappa shape index (κ2) is 7.42. The van der Waals surface area contributed by atoms with Crippen molar-refractivity contribution in [2.45, 2.75) is 26.0 Å². The number of hydrogen-bond donors (Lipinski definition) is 2. The summed E-state index contributed by atoms with van der Waals surface area (Å²) in [4.78, 5) is 13.8. The van der Waals surface area contributed by atoms with E-state index in [1.54, 1.807) is 13.1 Å². The molecule has 0 saturated carbocycles. The van der Waals surface area contributed by atoms with Crippen LogP contribution >= 0.6 is 0 Å². The van der Waals surface area contributed by atoms with Gasteiger partial charge < -0.3 is 27.7 Å². The van der Waals surface area contributed by atoms with Gasteiger partial charge in [0.1, 0.15) is 6.54 Å². The predicted octanol–water partition coefficient (Wildman–Crippen LogP) is -4.36. The van der Waals surface area contributed by atoms with E-state index in [0.717, 1.165) is 26.2 Å². The number of aromatic nitrogens is 3. The Bertz CT molecular complexity index is 404. The van der Waals surface area contributed by atoms with Gasteiger partial charge in [0.2, 0.25) is 5.91 Å². The lowest BCUT2D eigenvalue weighted by atomic mass is 10.2. The van der Waals surface area contributed by atoms with Gasteiger partial charge in [-0.2, -0.15) is 0 Å². The largest absolute Gasteiger partial charge is 1.00 e. The summed E-state index contributed by atoms with van der Waals surface area (Å²) < 4.78 is 1.53. The Hall–Kier alpha value is -1.18. The van der Waals surface area contributed by atoms with Gasteiger partial charge in [0.25, 0.3) is 0 Å². The molecule has 1 aromatic heterocycles. The Kier molecular flexibility index (Phi) is 6.20. The number of hydrogen-bond acceptors (Lipinski definition) is 5. The first-order valence-electron chi connectivity index (χ1n) is 6.20. The van der Waals surface area contributed by atoms with E-state index < -0.39 is 6.10 Å². The number of piperazine rings is 1. The summed E-state index contributed by atoms with van der Waals surface area (Å²) in [5.41, 5.74) is 0.707. The van der Waals surface area contributed by atoms with E-state index in [0.29, 0.717) is 12.1 Å². The molecule has 2 heterocycles. The Morgan fingerprint density at radius 3 is 2.84 bits per heavy atom. The van der Waals surface area contributed by atoms with E-state index in [9.17, 15) is 9.90 Å². The molecular formula is C11H19ClN5O2-. The second-order valence-electron chi connectivity index (χ2n) is 4.59. The minimum atomic E-state index is -0.445. The van der Waals surface area contributed by atoms with Crippen LogP contribution in [0.3, 0.4) is 0 Å². The van der Waals surface area contributed by atoms with Crippen LogP contribution < -0.4 is 17.7 Å². The first kappa shape index (κ1) is 15.9. The van der Waals surface area contributed by atoms with Crippen LogP contribution in [-0.2, 0) is 17.8 Å². The van der Waals surface area contributed by atoms with Gasteiger partial charge in [-0.25, -0.2) is 4.68 Å². The van der Waals surface area contributed by atoms with Gasteiger partial charge >= 0.3 is 0 Å². The average Bonchev–Trinajstić information content (AvgIpc) is 2.76. The van der Waals surface area contributed by atoms with Gasteiger partial charge in [0.15, 0.2) is 0 Å². The third-order valence-electron chi connectivity index (χ3n) is 2.86. The third-order valence-corrected chi connectivity index (χ3v) is 2.86. The zero-order valence-electron chi connectivity index (χ0n) is 10.9. The minimum absolute atomic E-state index is 0. The smallest absolute Gasteiger partial charge is 0.244 e. The molecule has 0 spiro atoms. The van der Waals surface area contributed by atoms with Crippen LogP contribution in [0.2, 0.25) is 0 Å². The lowest BCUT2D eigenvalue weighted by molar-refractivity contribution is -0.132. The molecule has 1 saturated heterocycles. The van der Waals surface area contributed by atoms with Crippen LogP contribution in [0, 0.1) is 0 Å².